The second-order valence-electron chi connectivity index (χ2n) is 2.69. The molecule has 0 aliphatic heterocycles. The van der Waals surface area contributed by atoms with Crippen LogP contribution in [-0.4, -0.2) is 25.4 Å². The van der Waals surface area contributed by atoms with Gasteiger partial charge in [-0.25, -0.2) is 14.8 Å². The fourth-order valence-corrected chi connectivity index (χ4v) is 1.15. The summed E-state index contributed by atoms with van der Waals surface area (Å²) in [5.74, 6) is -0.857. The number of rotatable bonds is 1. The van der Waals surface area contributed by atoms with Gasteiger partial charge in [0.2, 0.25) is 0 Å². The highest BCUT2D eigenvalue weighted by molar-refractivity contribution is 5.93. The second kappa shape index (κ2) is 2.59. The monoisotopic (exact) mass is 193 g/mol. The van der Waals surface area contributed by atoms with Crippen LogP contribution in [0.5, 0.6) is 0 Å². The minimum Gasteiger partial charge on any atom is -0.478 e. The van der Waals surface area contributed by atoms with Crippen LogP contribution in [-0.2, 0) is 0 Å². The number of nitrogen functional groups attached to an aromatic ring is 2. The highest BCUT2D eigenvalue weighted by Crippen LogP contribution is 2.16. The van der Waals surface area contributed by atoms with E-state index in [9.17, 15) is 4.79 Å². The van der Waals surface area contributed by atoms with E-state index < -0.39 is 5.97 Å². The van der Waals surface area contributed by atoms with Crippen LogP contribution in [0.15, 0.2) is 12.5 Å². The van der Waals surface area contributed by atoms with E-state index in [1.165, 1.54) is 10.7 Å². The van der Waals surface area contributed by atoms with Gasteiger partial charge < -0.3 is 16.6 Å². The van der Waals surface area contributed by atoms with Gasteiger partial charge in [0, 0.05) is 6.20 Å². The van der Waals surface area contributed by atoms with Crippen molar-refractivity contribution in [3.05, 3.63) is 18.1 Å². The van der Waals surface area contributed by atoms with Crippen LogP contribution in [0.2, 0.25) is 0 Å². The van der Waals surface area contributed by atoms with Gasteiger partial charge in [0.1, 0.15) is 17.7 Å². The molecule has 2 aromatic rings. The first kappa shape index (κ1) is 8.30. The number of nitrogens with two attached hydrogens (primary N) is 2. The summed E-state index contributed by atoms with van der Waals surface area (Å²) in [5, 5.41) is 8.75. The number of nitrogens with zero attached hydrogens (tertiary/aromatic N) is 3. The number of imidazole rings is 1. The lowest BCUT2D eigenvalue weighted by molar-refractivity contribution is 0.0697. The Morgan fingerprint density at radius 2 is 2.14 bits per heavy atom. The lowest BCUT2D eigenvalue weighted by Gasteiger charge is -2.02. The Bertz CT molecular complexity index is 518. The average molecular weight is 193 g/mol. The molecule has 0 bridgehead atoms. The first-order valence-corrected chi connectivity index (χ1v) is 3.71. The SMILES string of the molecule is Nc1ncn2c(N)c(C(=O)O)cnc12. The summed E-state index contributed by atoms with van der Waals surface area (Å²) >= 11 is 0. The van der Waals surface area contributed by atoms with Crippen LogP contribution in [0.25, 0.3) is 5.65 Å². The van der Waals surface area contributed by atoms with Gasteiger partial charge in [-0.15, -0.1) is 0 Å². The predicted molar refractivity (Wildman–Crippen MR) is 48.8 cm³/mol. The maximum atomic E-state index is 10.7. The van der Waals surface area contributed by atoms with Crippen LogP contribution in [0.3, 0.4) is 0 Å². The van der Waals surface area contributed by atoms with E-state index in [1.54, 1.807) is 0 Å². The van der Waals surface area contributed by atoms with E-state index in [0.717, 1.165) is 6.20 Å². The molecule has 0 saturated heterocycles. The minimum atomic E-state index is -1.14. The summed E-state index contributed by atoms with van der Waals surface area (Å²) in [6, 6.07) is 0. The highest BCUT2D eigenvalue weighted by Gasteiger charge is 2.13. The fourth-order valence-electron chi connectivity index (χ4n) is 1.15. The fraction of sp³-hybridized carbons (Fsp3) is 0. The van der Waals surface area contributed by atoms with Gasteiger partial charge in [0.05, 0.1) is 0 Å². The summed E-state index contributed by atoms with van der Waals surface area (Å²) in [5.41, 5.74) is 11.3. The molecule has 0 aromatic carbocycles. The van der Waals surface area contributed by atoms with Crippen molar-refractivity contribution in [1.82, 2.24) is 14.4 Å². The minimum absolute atomic E-state index is 0.0618. The predicted octanol–water partition coefficient (Wildman–Crippen LogP) is -0.408. The third-order valence-electron chi connectivity index (χ3n) is 1.85. The Kier molecular flexibility index (Phi) is 1.53. The van der Waals surface area contributed by atoms with Gasteiger partial charge in [-0.3, -0.25) is 4.40 Å². The molecule has 2 aromatic heterocycles. The Morgan fingerprint density at radius 1 is 1.43 bits per heavy atom. The average Bonchev–Trinajstić information content (AvgIpc) is 2.49. The molecule has 0 fully saturated rings. The zero-order chi connectivity index (χ0) is 10.3. The molecule has 0 aliphatic rings. The molecular formula is C7H7N5O2. The number of aromatic nitrogens is 3. The van der Waals surface area contributed by atoms with Gasteiger partial charge in [-0.1, -0.05) is 0 Å². The number of carboxylic acid groups (broad SMARTS) is 1. The van der Waals surface area contributed by atoms with Crippen molar-refractivity contribution in [2.75, 3.05) is 11.5 Å². The standard InChI is InChI=1S/C7H7N5O2/c8-4-6-10-1-3(7(13)14)5(9)12(6)2-11-4/h1-2H,8-9H2,(H,13,14). The normalized spacial score (nSPS) is 10.6. The Labute approximate surface area is 78.0 Å². The lowest BCUT2D eigenvalue weighted by atomic mass is 10.3. The van der Waals surface area contributed by atoms with E-state index in [2.05, 4.69) is 9.97 Å². The third-order valence-corrected chi connectivity index (χ3v) is 1.85. The van der Waals surface area contributed by atoms with E-state index >= 15 is 0 Å². The van der Waals surface area contributed by atoms with Crippen LogP contribution in [0.1, 0.15) is 10.4 Å². The van der Waals surface area contributed by atoms with E-state index in [0.29, 0.717) is 5.65 Å². The van der Waals surface area contributed by atoms with E-state index in [-0.39, 0.29) is 17.2 Å². The number of anilines is 2. The molecule has 7 nitrogen and oxygen atoms in total. The van der Waals surface area contributed by atoms with Crippen molar-refractivity contribution in [2.24, 2.45) is 0 Å². The van der Waals surface area contributed by atoms with Crippen molar-refractivity contribution in [3.8, 4) is 0 Å². The zero-order valence-corrected chi connectivity index (χ0v) is 7.01. The van der Waals surface area contributed by atoms with Gasteiger partial charge in [0.25, 0.3) is 0 Å². The van der Waals surface area contributed by atoms with Crippen LogP contribution in [0.4, 0.5) is 11.6 Å². The molecule has 0 saturated carbocycles. The van der Waals surface area contributed by atoms with Crippen LogP contribution < -0.4 is 11.5 Å². The lowest BCUT2D eigenvalue weighted by Crippen LogP contribution is -2.08. The zero-order valence-electron chi connectivity index (χ0n) is 7.01. The second-order valence-corrected chi connectivity index (χ2v) is 2.69. The summed E-state index contributed by atoms with van der Waals surface area (Å²) < 4.78 is 1.33. The van der Waals surface area contributed by atoms with Crippen molar-refractivity contribution in [1.29, 1.82) is 0 Å². The molecule has 0 aliphatic carbocycles. The number of carboxylic acids is 1. The molecule has 72 valence electrons. The van der Waals surface area contributed by atoms with Gasteiger partial charge >= 0.3 is 5.97 Å². The molecule has 0 amide bonds. The number of carbonyl (C=O) groups is 1. The summed E-state index contributed by atoms with van der Waals surface area (Å²) in [4.78, 5) is 18.3. The molecule has 0 radical (unpaired) electrons. The Hall–Kier alpha value is -2.31. The maximum Gasteiger partial charge on any atom is 0.340 e. The molecule has 14 heavy (non-hydrogen) atoms. The molecular weight excluding hydrogens is 186 g/mol. The number of fused-ring (bicyclic) bond motifs is 1. The van der Waals surface area contributed by atoms with Crippen LogP contribution >= 0.6 is 0 Å². The van der Waals surface area contributed by atoms with Crippen molar-refractivity contribution in [2.45, 2.75) is 0 Å². The summed E-state index contributed by atoms with van der Waals surface area (Å²) in [6.07, 6.45) is 2.49. The third kappa shape index (κ3) is 0.954. The number of hydrogen-bond donors (Lipinski definition) is 3. The smallest absolute Gasteiger partial charge is 0.340 e. The van der Waals surface area contributed by atoms with E-state index in [1.807, 2.05) is 0 Å². The number of hydrogen-bond acceptors (Lipinski definition) is 5. The largest absolute Gasteiger partial charge is 0.478 e. The summed E-state index contributed by atoms with van der Waals surface area (Å²) in [7, 11) is 0. The van der Waals surface area contributed by atoms with Crippen molar-refractivity contribution >= 4 is 23.3 Å². The topological polar surface area (TPSA) is 120 Å². The van der Waals surface area contributed by atoms with Crippen molar-refractivity contribution < 1.29 is 9.90 Å². The summed E-state index contributed by atoms with van der Waals surface area (Å²) in [6.45, 7) is 0. The highest BCUT2D eigenvalue weighted by atomic mass is 16.4. The quantitative estimate of drug-likeness (QED) is 0.566. The molecule has 0 atom stereocenters. The Morgan fingerprint density at radius 3 is 2.79 bits per heavy atom. The molecule has 0 spiro atoms. The first-order valence-electron chi connectivity index (χ1n) is 3.71. The molecule has 7 heteroatoms. The van der Waals surface area contributed by atoms with Crippen molar-refractivity contribution in [3.63, 3.8) is 0 Å². The van der Waals surface area contributed by atoms with Gasteiger partial charge in [0.15, 0.2) is 11.5 Å². The molecule has 5 N–H and O–H groups in total. The van der Waals surface area contributed by atoms with Crippen LogP contribution in [0, 0.1) is 0 Å². The van der Waals surface area contributed by atoms with E-state index in [4.69, 9.17) is 16.6 Å². The maximum absolute atomic E-state index is 10.7. The van der Waals surface area contributed by atoms with Gasteiger partial charge in [-0.05, 0) is 0 Å². The number of aromatic carboxylic acids is 1. The first-order chi connectivity index (χ1) is 6.61. The molecule has 2 heterocycles. The van der Waals surface area contributed by atoms with Gasteiger partial charge in [-0.2, -0.15) is 0 Å². The molecule has 2 rings (SSSR count). The Balaban J connectivity index is 2.82. The molecule has 0 unspecified atom stereocenters.